The van der Waals surface area contributed by atoms with E-state index in [0.29, 0.717) is 23.7 Å². The molecule has 0 heterocycles. The van der Waals surface area contributed by atoms with Gasteiger partial charge in [0, 0.05) is 18.5 Å². The molecule has 1 aromatic carbocycles. The molecular formula is C16H23N3O2. The van der Waals surface area contributed by atoms with Crippen molar-refractivity contribution < 1.29 is 9.59 Å². The van der Waals surface area contributed by atoms with Crippen LogP contribution in [0.3, 0.4) is 0 Å². The molecular weight excluding hydrogens is 266 g/mol. The van der Waals surface area contributed by atoms with Crippen molar-refractivity contribution in [3.8, 4) is 0 Å². The number of hydrogen-bond donors (Lipinski definition) is 3. The van der Waals surface area contributed by atoms with Gasteiger partial charge < -0.3 is 16.4 Å². The van der Waals surface area contributed by atoms with Crippen LogP contribution in [0.5, 0.6) is 0 Å². The minimum Gasteiger partial charge on any atom is -0.349 e. The third kappa shape index (κ3) is 5.19. The van der Waals surface area contributed by atoms with Crippen LogP contribution in [0.25, 0.3) is 0 Å². The van der Waals surface area contributed by atoms with Crippen LogP contribution in [0.1, 0.15) is 49.4 Å². The number of carbonyl (C=O) groups excluding carboxylic acids is 2. The van der Waals surface area contributed by atoms with Gasteiger partial charge in [-0.25, -0.2) is 0 Å². The van der Waals surface area contributed by atoms with Crippen LogP contribution in [0.4, 0.5) is 5.69 Å². The second-order valence-electron chi connectivity index (χ2n) is 5.71. The predicted octanol–water partition coefficient (Wildman–Crippen LogP) is 2.03. The zero-order valence-electron chi connectivity index (χ0n) is 12.4. The van der Waals surface area contributed by atoms with Gasteiger partial charge in [-0.2, -0.15) is 0 Å². The number of benzene rings is 1. The first-order valence-corrected chi connectivity index (χ1v) is 7.51. The molecule has 4 N–H and O–H groups in total. The SMILES string of the molecule is CC(N)CCCC(=O)Nc1ccccc1C(=O)NC1CC1. The maximum Gasteiger partial charge on any atom is 0.253 e. The smallest absolute Gasteiger partial charge is 0.253 e. The second-order valence-corrected chi connectivity index (χ2v) is 5.71. The van der Waals surface area contributed by atoms with E-state index in [1.54, 1.807) is 18.2 Å². The Labute approximate surface area is 125 Å². The topological polar surface area (TPSA) is 84.2 Å². The molecule has 21 heavy (non-hydrogen) atoms. The number of hydrogen-bond acceptors (Lipinski definition) is 3. The second kappa shape index (κ2) is 7.22. The minimum absolute atomic E-state index is 0.0812. The number of rotatable bonds is 7. The molecule has 1 unspecified atom stereocenters. The quantitative estimate of drug-likeness (QED) is 0.718. The summed E-state index contributed by atoms with van der Waals surface area (Å²) in [5, 5.41) is 5.75. The van der Waals surface area contributed by atoms with E-state index in [1.165, 1.54) is 0 Å². The molecule has 1 aliphatic rings. The fourth-order valence-corrected chi connectivity index (χ4v) is 2.08. The summed E-state index contributed by atoms with van der Waals surface area (Å²) in [6.45, 7) is 1.93. The van der Waals surface area contributed by atoms with Crippen LogP contribution in [-0.2, 0) is 4.79 Å². The van der Waals surface area contributed by atoms with E-state index in [1.807, 2.05) is 13.0 Å². The summed E-state index contributed by atoms with van der Waals surface area (Å²) in [5.41, 5.74) is 6.75. The van der Waals surface area contributed by atoms with Crippen molar-refractivity contribution in [2.45, 2.75) is 51.1 Å². The van der Waals surface area contributed by atoms with Crippen LogP contribution in [0, 0.1) is 0 Å². The number of carbonyl (C=O) groups is 2. The fraction of sp³-hybridized carbons (Fsp3) is 0.500. The van der Waals surface area contributed by atoms with Crippen LogP contribution in [-0.4, -0.2) is 23.9 Å². The Morgan fingerprint density at radius 2 is 2.05 bits per heavy atom. The average Bonchev–Trinajstić information content (AvgIpc) is 3.22. The summed E-state index contributed by atoms with van der Waals surface area (Å²) in [6.07, 6.45) is 4.06. The van der Waals surface area contributed by atoms with E-state index in [0.717, 1.165) is 25.7 Å². The normalized spacial score (nSPS) is 15.3. The fourth-order valence-electron chi connectivity index (χ4n) is 2.08. The van der Waals surface area contributed by atoms with Crippen molar-refractivity contribution >= 4 is 17.5 Å². The lowest BCUT2D eigenvalue weighted by Crippen LogP contribution is -2.27. The number of anilines is 1. The van der Waals surface area contributed by atoms with Crippen molar-refractivity contribution in [2.24, 2.45) is 5.73 Å². The van der Waals surface area contributed by atoms with Gasteiger partial charge in [0.25, 0.3) is 5.91 Å². The molecule has 1 aliphatic carbocycles. The summed E-state index contributed by atoms with van der Waals surface area (Å²) in [4.78, 5) is 24.0. The Bertz CT molecular complexity index is 510. The van der Waals surface area contributed by atoms with E-state index >= 15 is 0 Å². The van der Waals surface area contributed by atoms with Crippen molar-refractivity contribution in [3.63, 3.8) is 0 Å². The number of para-hydroxylation sites is 1. The summed E-state index contributed by atoms with van der Waals surface area (Å²) in [6, 6.07) is 7.50. The van der Waals surface area contributed by atoms with Gasteiger partial charge in [0.05, 0.1) is 11.3 Å². The molecule has 2 rings (SSSR count). The van der Waals surface area contributed by atoms with E-state index < -0.39 is 0 Å². The summed E-state index contributed by atoms with van der Waals surface area (Å²) in [5.74, 6) is -0.202. The lowest BCUT2D eigenvalue weighted by Gasteiger charge is -2.11. The third-order valence-corrected chi connectivity index (χ3v) is 3.42. The average molecular weight is 289 g/mol. The van der Waals surface area contributed by atoms with Gasteiger partial charge in [0.15, 0.2) is 0 Å². The summed E-state index contributed by atoms with van der Waals surface area (Å²) < 4.78 is 0. The molecule has 0 spiro atoms. The Kier molecular flexibility index (Phi) is 5.33. The Morgan fingerprint density at radius 1 is 1.33 bits per heavy atom. The van der Waals surface area contributed by atoms with Crippen LogP contribution in [0.2, 0.25) is 0 Å². The molecule has 1 aromatic rings. The first-order chi connectivity index (χ1) is 10.1. The van der Waals surface area contributed by atoms with Crippen molar-refractivity contribution in [3.05, 3.63) is 29.8 Å². The largest absolute Gasteiger partial charge is 0.349 e. The minimum atomic E-state index is -0.121. The van der Waals surface area contributed by atoms with Gasteiger partial charge in [-0.3, -0.25) is 9.59 Å². The van der Waals surface area contributed by atoms with Crippen LogP contribution < -0.4 is 16.4 Å². The molecule has 114 valence electrons. The molecule has 5 heteroatoms. The van der Waals surface area contributed by atoms with E-state index in [9.17, 15) is 9.59 Å². The molecule has 0 radical (unpaired) electrons. The Hall–Kier alpha value is -1.88. The molecule has 0 saturated heterocycles. The zero-order chi connectivity index (χ0) is 15.2. The first kappa shape index (κ1) is 15.5. The van der Waals surface area contributed by atoms with Crippen molar-refractivity contribution in [2.75, 3.05) is 5.32 Å². The van der Waals surface area contributed by atoms with Gasteiger partial charge in [0.1, 0.15) is 0 Å². The maximum absolute atomic E-state index is 12.1. The monoisotopic (exact) mass is 289 g/mol. The number of nitrogens with two attached hydrogens (primary N) is 1. The Morgan fingerprint density at radius 3 is 2.71 bits per heavy atom. The van der Waals surface area contributed by atoms with Crippen LogP contribution >= 0.6 is 0 Å². The molecule has 1 saturated carbocycles. The van der Waals surface area contributed by atoms with E-state index in [4.69, 9.17) is 5.73 Å². The highest BCUT2D eigenvalue weighted by Gasteiger charge is 2.24. The van der Waals surface area contributed by atoms with Gasteiger partial charge in [-0.05, 0) is 44.7 Å². The molecule has 2 amide bonds. The first-order valence-electron chi connectivity index (χ1n) is 7.51. The molecule has 1 fully saturated rings. The summed E-state index contributed by atoms with van der Waals surface area (Å²) >= 11 is 0. The lowest BCUT2D eigenvalue weighted by molar-refractivity contribution is -0.116. The lowest BCUT2D eigenvalue weighted by atomic mass is 10.1. The molecule has 0 aromatic heterocycles. The van der Waals surface area contributed by atoms with Gasteiger partial charge in [-0.15, -0.1) is 0 Å². The van der Waals surface area contributed by atoms with Gasteiger partial charge in [0.2, 0.25) is 5.91 Å². The van der Waals surface area contributed by atoms with Crippen molar-refractivity contribution in [1.29, 1.82) is 0 Å². The number of nitrogens with one attached hydrogen (secondary N) is 2. The molecule has 0 bridgehead atoms. The zero-order valence-corrected chi connectivity index (χ0v) is 12.4. The van der Waals surface area contributed by atoms with Gasteiger partial charge in [-0.1, -0.05) is 12.1 Å². The molecule has 0 aliphatic heterocycles. The summed E-state index contributed by atoms with van der Waals surface area (Å²) in [7, 11) is 0. The Balaban J connectivity index is 1.92. The van der Waals surface area contributed by atoms with Crippen LogP contribution in [0.15, 0.2) is 24.3 Å². The number of amides is 2. The van der Waals surface area contributed by atoms with E-state index in [2.05, 4.69) is 10.6 Å². The van der Waals surface area contributed by atoms with Gasteiger partial charge >= 0.3 is 0 Å². The predicted molar refractivity (Wildman–Crippen MR) is 83.1 cm³/mol. The maximum atomic E-state index is 12.1. The van der Waals surface area contributed by atoms with Crippen molar-refractivity contribution in [1.82, 2.24) is 5.32 Å². The highest BCUT2D eigenvalue weighted by atomic mass is 16.2. The highest BCUT2D eigenvalue weighted by molar-refractivity contribution is 6.03. The highest BCUT2D eigenvalue weighted by Crippen LogP contribution is 2.21. The van der Waals surface area contributed by atoms with E-state index in [-0.39, 0.29) is 17.9 Å². The standard InChI is InChI=1S/C16H23N3O2/c1-11(17)5-4-8-15(20)19-14-7-3-2-6-13(14)16(21)18-12-9-10-12/h2-3,6-7,11-12H,4-5,8-10,17H2,1H3,(H,18,21)(H,19,20). The molecule has 1 atom stereocenters. The third-order valence-electron chi connectivity index (χ3n) is 3.42. The molecule has 5 nitrogen and oxygen atoms in total.